The van der Waals surface area contributed by atoms with Gasteiger partial charge in [-0.1, -0.05) is 37.6 Å². The smallest absolute Gasteiger partial charge is 0.228 e. The van der Waals surface area contributed by atoms with Crippen LogP contribution in [0.25, 0.3) is 0 Å². The molecule has 0 spiro atoms. The Balaban J connectivity index is 2.56. The maximum absolute atomic E-state index is 12.8. The lowest BCUT2D eigenvalue weighted by Crippen LogP contribution is -2.18. The number of alkyl halides is 2. The topological polar surface area (TPSA) is 20.2 Å². The molecule has 0 radical (unpaired) electrons. The lowest BCUT2D eigenvalue weighted by atomic mass is 10.0. The van der Waals surface area contributed by atoms with Gasteiger partial charge in [0.15, 0.2) is 6.17 Å². The average Bonchev–Trinajstić information content (AvgIpc) is 2.21. The molecule has 0 aliphatic heterocycles. The van der Waals surface area contributed by atoms with E-state index in [1.54, 1.807) is 12.1 Å². The summed E-state index contributed by atoms with van der Waals surface area (Å²) >= 11 is 0. The van der Waals surface area contributed by atoms with Crippen LogP contribution in [0.15, 0.2) is 24.3 Å². The minimum atomic E-state index is -2.39. The fourth-order valence-corrected chi connectivity index (χ4v) is 1.45. The molecule has 1 nitrogen and oxygen atoms in total. The molecule has 0 saturated carbocycles. The van der Waals surface area contributed by atoms with Crippen LogP contribution in [0, 0.1) is 0 Å². The van der Waals surface area contributed by atoms with Crippen LogP contribution in [0.5, 0.6) is 0 Å². The van der Waals surface area contributed by atoms with Crippen LogP contribution in [0.1, 0.15) is 24.5 Å². The molecule has 0 heterocycles. The van der Waals surface area contributed by atoms with Gasteiger partial charge in [-0.05, 0) is 17.5 Å². The highest BCUT2D eigenvalue weighted by Crippen LogP contribution is 2.12. The second-order valence-corrected chi connectivity index (χ2v) is 3.66. The third-order valence-electron chi connectivity index (χ3n) is 2.29. The van der Waals surface area contributed by atoms with Gasteiger partial charge < -0.3 is 5.11 Å². The summed E-state index contributed by atoms with van der Waals surface area (Å²) in [6.45, 7) is 2.09. The Morgan fingerprint density at radius 2 is 1.67 bits per heavy atom. The Morgan fingerprint density at radius 1 is 1.13 bits per heavy atom. The third-order valence-corrected chi connectivity index (χ3v) is 2.29. The Bertz CT molecular complexity index is 282. The molecule has 84 valence electrons. The van der Waals surface area contributed by atoms with E-state index in [-0.39, 0.29) is 6.42 Å². The van der Waals surface area contributed by atoms with Crippen LogP contribution in [-0.4, -0.2) is 17.6 Å². The van der Waals surface area contributed by atoms with Gasteiger partial charge in [0, 0.05) is 6.42 Å². The van der Waals surface area contributed by atoms with E-state index in [0.29, 0.717) is 5.56 Å². The molecule has 0 amide bonds. The molecule has 1 rings (SSSR count). The first-order valence-corrected chi connectivity index (χ1v) is 5.17. The maximum atomic E-state index is 12.8. The third kappa shape index (κ3) is 3.96. The average molecular weight is 214 g/mol. The van der Waals surface area contributed by atoms with Crippen molar-refractivity contribution < 1.29 is 13.9 Å². The van der Waals surface area contributed by atoms with Crippen LogP contribution >= 0.6 is 0 Å². The van der Waals surface area contributed by atoms with Crippen molar-refractivity contribution in [2.24, 2.45) is 0 Å². The Kier molecular flexibility index (Phi) is 4.69. The SMILES string of the molecule is CCCc1ccc(CC(F)C(O)F)cc1. The second-order valence-electron chi connectivity index (χ2n) is 3.66. The van der Waals surface area contributed by atoms with Crippen LogP contribution in [0.2, 0.25) is 0 Å². The van der Waals surface area contributed by atoms with Crippen LogP contribution in [0.4, 0.5) is 8.78 Å². The summed E-state index contributed by atoms with van der Waals surface area (Å²) in [5.41, 5.74) is 1.90. The van der Waals surface area contributed by atoms with Gasteiger partial charge in [0.05, 0.1) is 0 Å². The highest BCUT2D eigenvalue weighted by Gasteiger charge is 2.17. The predicted octanol–water partition coefficient (Wildman–Crippen LogP) is 2.81. The highest BCUT2D eigenvalue weighted by molar-refractivity contribution is 5.23. The number of hydrogen-bond donors (Lipinski definition) is 1. The van der Waals surface area contributed by atoms with Crippen molar-refractivity contribution in [3.8, 4) is 0 Å². The Hall–Kier alpha value is -0.960. The largest absolute Gasteiger partial charge is 0.362 e. The molecule has 0 bridgehead atoms. The number of halogens is 2. The fraction of sp³-hybridized carbons (Fsp3) is 0.500. The monoisotopic (exact) mass is 214 g/mol. The standard InChI is InChI=1S/C12H16F2O/c1-2-3-9-4-6-10(7-5-9)8-11(13)12(14)15/h4-7,11-12,15H,2-3,8H2,1H3. The van der Waals surface area contributed by atoms with Crippen molar-refractivity contribution in [3.63, 3.8) is 0 Å². The summed E-state index contributed by atoms with van der Waals surface area (Å²) in [5.74, 6) is 0. The first-order valence-electron chi connectivity index (χ1n) is 5.17. The molecule has 2 atom stereocenters. The van der Waals surface area contributed by atoms with Gasteiger partial charge in [-0.15, -0.1) is 0 Å². The van der Waals surface area contributed by atoms with Crippen molar-refractivity contribution in [2.75, 3.05) is 0 Å². The molecule has 1 aromatic rings. The molecule has 15 heavy (non-hydrogen) atoms. The van der Waals surface area contributed by atoms with Crippen molar-refractivity contribution in [1.29, 1.82) is 0 Å². The minimum absolute atomic E-state index is 0.0793. The van der Waals surface area contributed by atoms with E-state index in [9.17, 15) is 8.78 Å². The minimum Gasteiger partial charge on any atom is -0.362 e. The van der Waals surface area contributed by atoms with E-state index < -0.39 is 12.5 Å². The zero-order valence-corrected chi connectivity index (χ0v) is 8.79. The quantitative estimate of drug-likeness (QED) is 0.799. The predicted molar refractivity (Wildman–Crippen MR) is 56.2 cm³/mol. The van der Waals surface area contributed by atoms with E-state index >= 15 is 0 Å². The summed E-state index contributed by atoms with van der Waals surface area (Å²) in [4.78, 5) is 0. The maximum Gasteiger partial charge on any atom is 0.228 e. The van der Waals surface area contributed by atoms with Gasteiger partial charge >= 0.3 is 0 Å². The molecule has 0 aromatic heterocycles. The van der Waals surface area contributed by atoms with Gasteiger partial charge in [-0.2, -0.15) is 0 Å². The molecular weight excluding hydrogens is 198 g/mol. The molecule has 0 aliphatic carbocycles. The van der Waals surface area contributed by atoms with Gasteiger partial charge in [0.25, 0.3) is 0 Å². The van der Waals surface area contributed by atoms with Gasteiger partial charge in [-0.3, -0.25) is 0 Å². The number of hydrogen-bond acceptors (Lipinski definition) is 1. The zero-order chi connectivity index (χ0) is 11.3. The first-order chi connectivity index (χ1) is 7.13. The number of aryl methyl sites for hydroxylation is 1. The molecular formula is C12H16F2O. The van der Waals surface area contributed by atoms with Crippen molar-refractivity contribution in [1.82, 2.24) is 0 Å². The lowest BCUT2D eigenvalue weighted by molar-refractivity contribution is -0.0267. The van der Waals surface area contributed by atoms with Crippen molar-refractivity contribution in [2.45, 2.75) is 38.7 Å². The number of aliphatic hydroxyl groups excluding tert-OH is 1. The van der Waals surface area contributed by atoms with Crippen molar-refractivity contribution >= 4 is 0 Å². The first kappa shape index (κ1) is 12.1. The van der Waals surface area contributed by atoms with E-state index in [1.807, 2.05) is 12.1 Å². The number of aliphatic hydroxyl groups is 1. The van der Waals surface area contributed by atoms with Gasteiger partial charge in [0.2, 0.25) is 6.36 Å². The molecule has 1 N–H and O–H groups in total. The normalized spacial score (nSPS) is 14.9. The van der Waals surface area contributed by atoms with Gasteiger partial charge in [-0.25, -0.2) is 8.78 Å². The lowest BCUT2D eigenvalue weighted by Gasteiger charge is -2.08. The van der Waals surface area contributed by atoms with Crippen LogP contribution in [-0.2, 0) is 12.8 Å². The van der Waals surface area contributed by atoms with E-state index in [2.05, 4.69) is 6.92 Å². The van der Waals surface area contributed by atoms with Crippen LogP contribution in [0.3, 0.4) is 0 Å². The molecule has 2 unspecified atom stereocenters. The zero-order valence-electron chi connectivity index (χ0n) is 8.79. The summed E-state index contributed by atoms with van der Waals surface area (Å²) in [6, 6.07) is 7.38. The summed E-state index contributed by atoms with van der Waals surface area (Å²) in [6.07, 6.45) is -2.24. The molecule has 0 fully saturated rings. The summed E-state index contributed by atoms with van der Waals surface area (Å²) < 4.78 is 25.0. The molecule has 0 aliphatic rings. The summed E-state index contributed by atoms with van der Waals surface area (Å²) in [7, 11) is 0. The molecule has 1 aromatic carbocycles. The summed E-state index contributed by atoms with van der Waals surface area (Å²) in [5, 5.41) is 8.38. The highest BCUT2D eigenvalue weighted by atomic mass is 19.2. The Morgan fingerprint density at radius 3 is 2.13 bits per heavy atom. The van der Waals surface area contributed by atoms with Crippen LogP contribution < -0.4 is 0 Å². The van der Waals surface area contributed by atoms with E-state index in [0.717, 1.165) is 12.8 Å². The van der Waals surface area contributed by atoms with E-state index in [1.165, 1.54) is 5.56 Å². The number of benzene rings is 1. The van der Waals surface area contributed by atoms with E-state index in [4.69, 9.17) is 5.11 Å². The molecule has 3 heteroatoms. The van der Waals surface area contributed by atoms with Gasteiger partial charge in [0.1, 0.15) is 0 Å². The van der Waals surface area contributed by atoms with Crippen molar-refractivity contribution in [3.05, 3.63) is 35.4 Å². The second kappa shape index (κ2) is 5.81. The fourth-order valence-electron chi connectivity index (χ4n) is 1.45. The Labute approximate surface area is 88.7 Å². The molecule has 0 saturated heterocycles. The number of rotatable bonds is 5.